The minimum absolute atomic E-state index is 0.227. The Kier molecular flexibility index (Phi) is 5.18. The molecule has 0 spiro atoms. The van der Waals surface area contributed by atoms with Gasteiger partial charge in [0.2, 0.25) is 0 Å². The van der Waals surface area contributed by atoms with Crippen molar-refractivity contribution in [1.82, 2.24) is 4.90 Å². The van der Waals surface area contributed by atoms with Crippen LogP contribution in [-0.2, 0) is 10.8 Å². The number of rotatable bonds is 6. The Morgan fingerprint density at radius 1 is 1.25 bits per heavy atom. The highest BCUT2D eigenvalue weighted by molar-refractivity contribution is 6.39. The molecule has 16 heavy (non-hydrogen) atoms. The number of benzene rings is 1. The van der Waals surface area contributed by atoms with Crippen molar-refractivity contribution in [3.63, 3.8) is 0 Å². The fourth-order valence-corrected chi connectivity index (χ4v) is 3.75. The molecule has 0 bridgehead atoms. The Bertz CT molecular complexity index is 302. The van der Waals surface area contributed by atoms with E-state index < -0.39 is 0 Å². The summed E-state index contributed by atoms with van der Waals surface area (Å²) in [5, 5.41) is 0.255. The van der Waals surface area contributed by atoms with Crippen molar-refractivity contribution < 1.29 is 4.74 Å². The summed E-state index contributed by atoms with van der Waals surface area (Å²) in [7, 11) is 5.86. The normalized spacial score (nSPS) is 15.8. The van der Waals surface area contributed by atoms with E-state index in [1.807, 2.05) is 0 Å². The van der Waals surface area contributed by atoms with Crippen LogP contribution >= 0.6 is 0 Å². The van der Waals surface area contributed by atoms with Gasteiger partial charge in [-0.3, -0.25) is 0 Å². The van der Waals surface area contributed by atoms with E-state index >= 15 is 0 Å². The van der Waals surface area contributed by atoms with Crippen LogP contribution in [0.15, 0.2) is 30.3 Å². The predicted molar refractivity (Wildman–Crippen MR) is 72.7 cm³/mol. The van der Waals surface area contributed by atoms with Crippen LogP contribution in [0.25, 0.3) is 0 Å². The molecule has 1 aromatic carbocycles. The zero-order valence-electron chi connectivity index (χ0n) is 10.9. The van der Waals surface area contributed by atoms with E-state index in [1.54, 1.807) is 7.11 Å². The molecule has 3 heteroatoms. The summed E-state index contributed by atoms with van der Waals surface area (Å²) in [6.07, 6.45) is 0. The van der Waals surface area contributed by atoms with Crippen LogP contribution < -0.4 is 0 Å². The van der Waals surface area contributed by atoms with Crippen LogP contribution in [0.3, 0.4) is 0 Å². The molecule has 1 atom stereocenters. The van der Waals surface area contributed by atoms with Crippen molar-refractivity contribution in [3.05, 3.63) is 35.9 Å². The average molecular weight is 237 g/mol. The fourth-order valence-electron chi connectivity index (χ4n) is 1.79. The van der Waals surface area contributed by atoms with E-state index in [-0.39, 0.29) is 14.7 Å². The first-order valence-corrected chi connectivity index (χ1v) is 7.49. The first-order valence-electron chi connectivity index (χ1n) is 5.79. The third kappa shape index (κ3) is 3.74. The topological polar surface area (TPSA) is 12.5 Å². The van der Waals surface area contributed by atoms with E-state index in [4.69, 9.17) is 4.74 Å². The van der Waals surface area contributed by atoms with E-state index in [9.17, 15) is 0 Å². The Morgan fingerprint density at radius 2 is 1.88 bits per heavy atom. The molecule has 90 valence electrons. The van der Waals surface area contributed by atoms with Gasteiger partial charge >= 0.3 is 0 Å². The number of hydrogen-bond acceptors (Lipinski definition) is 2. The van der Waals surface area contributed by atoms with Crippen LogP contribution in [0.1, 0.15) is 12.5 Å². The zero-order valence-corrected chi connectivity index (χ0v) is 12.3. The highest BCUT2D eigenvalue weighted by atomic mass is 28.2. The largest absolute Gasteiger partial charge is 0.383 e. The third-order valence-corrected chi connectivity index (χ3v) is 6.07. The van der Waals surface area contributed by atoms with Gasteiger partial charge in [-0.25, -0.2) is 0 Å². The molecular formula is C13H23NOSi. The van der Waals surface area contributed by atoms with Gasteiger partial charge in [-0.2, -0.15) is 0 Å². The first kappa shape index (κ1) is 13.4. The lowest BCUT2D eigenvalue weighted by Crippen LogP contribution is -2.51. The second-order valence-electron chi connectivity index (χ2n) is 4.81. The highest BCUT2D eigenvalue weighted by Crippen LogP contribution is 2.12. The third-order valence-electron chi connectivity index (χ3n) is 3.33. The molecular weight excluding hydrogens is 214 g/mol. The molecule has 0 fully saturated rings. The van der Waals surface area contributed by atoms with Crippen LogP contribution in [-0.4, -0.2) is 47.4 Å². The van der Waals surface area contributed by atoms with Gasteiger partial charge in [0, 0.05) is 12.3 Å². The Labute approximate surface area is 101 Å². The number of nitrogens with zero attached hydrogens (tertiary/aromatic N) is 1. The minimum Gasteiger partial charge on any atom is -0.383 e. The molecule has 0 aliphatic rings. The van der Waals surface area contributed by atoms with Crippen LogP contribution in [0, 0.1) is 0 Å². The Hall–Kier alpha value is -0.643. The maximum absolute atomic E-state index is 5.35. The van der Waals surface area contributed by atoms with E-state index in [2.05, 4.69) is 56.3 Å². The lowest BCUT2D eigenvalue weighted by molar-refractivity contribution is 0.103. The molecule has 1 unspecified atom stereocenters. The number of hydrogen-bond donors (Lipinski definition) is 0. The van der Waals surface area contributed by atoms with E-state index in [1.165, 1.54) is 11.6 Å². The molecule has 0 heterocycles. The van der Waals surface area contributed by atoms with Gasteiger partial charge in [0.05, 0.1) is 16.1 Å². The average Bonchev–Trinajstić information content (AvgIpc) is 2.28. The second-order valence-corrected chi connectivity index (χ2v) is 7.33. The SMILES string of the molecule is COCC(C)([SiH2]Cc1ccccc1)N(C)C. The van der Waals surface area contributed by atoms with Gasteiger partial charge in [-0.05, 0) is 27.1 Å². The summed E-state index contributed by atoms with van der Waals surface area (Å²) in [5.41, 5.74) is 1.46. The van der Waals surface area contributed by atoms with Gasteiger partial charge in [0.25, 0.3) is 0 Å². The standard InChI is InChI=1S/C13H23NOSi/c1-13(11-15-4,14(2)3)16-10-12-8-6-5-7-9-12/h5-9H,10-11,16H2,1-4H3. The highest BCUT2D eigenvalue weighted by Gasteiger charge is 2.26. The minimum atomic E-state index is -0.227. The molecule has 0 radical (unpaired) electrons. The zero-order chi connectivity index (χ0) is 12.0. The van der Waals surface area contributed by atoms with Crippen molar-refractivity contribution in [1.29, 1.82) is 0 Å². The predicted octanol–water partition coefficient (Wildman–Crippen LogP) is 1.28. The smallest absolute Gasteiger partial charge is 0.0609 e. The summed E-state index contributed by atoms with van der Waals surface area (Å²) in [4.78, 5) is 2.31. The van der Waals surface area contributed by atoms with Gasteiger partial charge in [0.15, 0.2) is 0 Å². The molecule has 0 aliphatic heterocycles. The molecule has 0 saturated heterocycles. The van der Waals surface area contributed by atoms with Gasteiger partial charge in [-0.15, -0.1) is 0 Å². The molecule has 0 N–H and O–H groups in total. The molecule has 0 aliphatic carbocycles. The maximum atomic E-state index is 5.35. The molecule has 1 rings (SSSR count). The number of methoxy groups -OCH3 is 1. The molecule has 0 amide bonds. The van der Waals surface area contributed by atoms with Crippen LogP contribution in [0.5, 0.6) is 0 Å². The van der Waals surface area contributed by atoms with Crippen molar-refractivity contribution in [2.45, 2.75) is 18.1 Å². The van der Waals surface area contributed by atoms with E-state index in [0.717, 1.165) is 6.61 Å². The molecule has 2 nitrogen and oxygen atoms in total. The van der Waals surface area contributed by atoms with Gasteiger partial charge < -0.3 is 9.64 Å². The summed E-state index contributed by atoms with van der Waals surface area (Å²) in [5.74, 6) is 0. The lowest BCUT2D eigenvalue weighted by Gasteiger charge is -2.35. The maximum Gasteiger partial charge on any atom is 0.0609 e. The van der Waals surface area contributed by atoms with Crippen molar-refractivity contribution >= 4 is 9.52 Å². The van der Waals surface area contributed by atoms with Crippen molar-refractivity contribution in [2.75, 3.05) is 27.8 Å². The fraction of sp³-hybridized carbons (Fsp3) is 0.538. The summed E-state index contributed by atoms with van der Waals surface area (Å²) in [6, 6.07) is 12.0. The number of ether oxygens (including phenoxy) is 1. The molecule has 0 aromatic heterocycles. The van der Waals surface area contributed by atoms with Gasteiger partial charge in [-0.1, -0.05) is 35.9 Å². The second kappa shape index (κ2) is 6.18. The molecule has 0 saturated carbocycles. The Morgan fingerprint density at radius 3 is 2.38 bits per heavy atom. The van der Waals surface area contributed by atoms with Gasteiger partial charge in [0.1, 0.15) is 0 Å². The first-order chi connectivity index (χ1) is 7.58. The Balaban J connectivity index is 2.57. The summed E-state index contributed by atoms with van der Waals surface area (Å²) in [6.45, 7) is 3.14. The van der Waals surface area contributed by atoms with Crippen LogP contribution in [0.4, 0.5) is 0 Å². The van der Waals surface area contributed by atoms with Crippen molar-refractivity contribution in [3.8, 4) is 0 Å². The van der Waals surface area contributed by atoms with E-state index in [0.29, 0.717) is 0 Å². The quantitative estimate of drug-likeness (QED) is 0.691. The lowest BCUT2D eigenvalue weighted by atomic mass is 10.2. The summed E-state index contributed by atoms with van der Waals surface area (Å²) >= 11 is 0. The molecule has 1 aromatic rings. The number of likely N-dealkylation sites (N-methyl/N-ethyl adjacent to an activating group) is 1. The summed E-state index contributed by atoms with van der Waals surface area (Å²) < 4.78 is 5.35. The van der Waals surface area contributed by atoms with Crippen LogP contribution in [0.2, 0.25) is 0 Å². The van der Waals surface area contributed by atoms with Crippen molar-refractivity contribution in [2.24, 2.45) is 0 Å². The monoisotopic (exact) mass is 237 g/mol.